The molecule has 0 saturated heterocycles. The second kappa shape index (κ2) is 24.5. The third kappa shape index (κ3) is 12.5. The number of phenols is 2. The number of benzene rings is 4. The smallest absolute Gasteiger partial charge is 0.131 e. The molecule has 2 unspecified atom stereocenters. The van der Waals surface area contributed by atoms with Crippen LogP contribution in [0, 0.1) is 13.8 Å². The van der Waals surface area contributed by atoms with Crippen LogP contribution in [0.5, 0.6) is 23.0 Å². The second-order valence-corrected chi connectivity index (χ2v) is 18.8. The van der Waals surface area contributed by atoms with Gasteiger partial charge in [0.1, 0.15) is 35.2 Å². The molecule has 2 aliphatic rings. The highest BCUT2D eigenvalue weighted by Crippen LogP contribution is 2.46. The monoisotopic (exact) mass is 877 g/mol. The van der Waals surface area contributed by atoms with Crippen LogP contribution >= 0.6 is 0 Å². The SMILES string of the molecule is CCC/C=C1/CCCC/C1=C/C(CC)c1cc(C)cc(-c2ccccc2OC(CC)C[C@@H](CC)Oc2ccccc2-c2cc(C)cc(/C3=C(CC)/C(CC)=C\CCCCCC3)c2O)c1O. The van der Waals surface area contributed by atoms with E-state index in [9.17, 15) is 10.2 Å². The van der Waals surface area contributed by atoms with Crippen LogP contribution < -0.4 is 9.47 Å². The third-order valence-electron chi connectivity index (χ3n) is 14.0. The fraction of sp³-hybridized carbons (Fsp3) is 0.475. The molecule has 0 aliphatic heterocycles. The summed E-state index contributed by atoms with van der Waals surface area (Å²) in [6.45, 7) is 17.6. The van der Waals surface area contributed by atoms with Crippen LogP contribution in [0.1, 0.15) is 185 Å². The molecule has 3 atom stereocenters. The lowest BCUT2D eigenvalue weighted by molar-refractivity contribution is 0.106. The van der Waals surface area contributed by atoms with Crippen molar-refractivity contribution in [2.75, 3.05) is 0 Å². The first-order chi connectivity index (χ1) is 31.6. The van der Waals surface area contributed by atoms with E-state index < -0.39 is 0 Å². The number of unbranched alkanes of at least 4 members (excludes halogenated alkanes) is 1. The van der Waals surface area contributed by atoms with Crippen molar-refractivity contribution < 1.29 is 19.7 Å². The van der Waals surface area contributed by atoms with Crippen LogP contribution in [0.2, 0.25) is 0 Å². The number of rotatable bonds is 18. The zero-order valence-corrected chi connectivity index (χ0v) is 41.3. The van der Waals surface area contributed by atoms with Gasteiger partial charge in [0.05, 0.1) is 0 Å². The molecule has 2 aliphatic carbocycles. The highest BCUT2D eigenvalue weighted by atomic mass is 16.5. The predicted octanol–water partition coefficient (Wildman–Crippen LogP) is 18.0. The minimum atomic E-state index is -0.127. The van der Waals surface area contributed by atoms with E-state index in [1.54, 1.807) is 0 Å². The number of phenolic OH excluding ortho intramolecular Hbond substituents is 2. The zero-order valence-electron chi connectivity index (χ0n) is 41.3. The summed E-state index contributed by atoms with van der Waals surface area (Å²) in [6.07, 6.45) is 26.2. The number of aryl methyl sites for hydroxylation is 2. The Balaban J connectivity index is 1.28. The summed E-state index contributed by atoms with van der Waals surface area (Å²) in [7, 11) is 0. The largest absolute Gasteiger partial charge is 0.507 e. The number of para-hydroxylation sites is 2. The van der Waals surface area contributed by atoms with Gasteiger partial charge in [-0.2, -0.15) is 0 Å². The Kier molecular flexibility index (Phi) is 18.7. The molecular formula is C61H80O4. The zero-order chi connectivity index (χ0) is 46.3. The van der Waals surface area contributed by atoms with E-state index >= 15 is 0 Å². The molecule has 65 heavy (non-hydrogen) atoms. The summed E-state index contributed by atoms with van der Waals surface area (Å²) in [5.41, 5.74) is 14.7. The average molecular weight is 877 g/mol. The number of aromatic hydroxyl groups is 2. The van der Waals surface area contributed by atoms with Crippen molar-refractivity contribution in [3.05, 3.63) is 136 Å². The van der Waals surface area contributed by atoms with Crippen LogP contribution in [-0.4, -0.2) is 22.4 Å². The van der Waals surface area contributed by atoms with Crippen molar-refractivity contribution in [1.82, 2.24) is 0 Å². The molecular weight excluding hydrogens is 797 g/mol. The Hall–Kier alpha value is -4.96. The Morgan fingerprint density at radius 3 is 1.75 bits per heavy atom. The Morgan fingerprint density at radius 2 is 1.15 bits per heavy atom. The normalized spacial score (nSPS) is 19.7. The minimum absolute atomic E-state index is 0.120. The molecule has 4 aromatic rings. The molecule has 1 fully saturated rings. The molecule has 0 heterocycles. The van der Waals surface area contributed by atoms with Crippen molar-refractivity contribution in [3.63, 3.8) is 0 Å². The summed E-state index contributed by atoms with van der Waals surface area (Å²) in [5.74, 6) is 2.34. The van der Waals surface area contributed by atoms with E-state index in [2.05, 4.69) is 110 Å². The van der Waals surface area contributed by atoms with Gasteiger partial charge < -0.3 is 19.7 Å². The molecule has 0 spiro atoms. The lowest BCUT2D eigenvalue weighted by Gasteiger charge is -2.27. The summed E-state index contributed by atoms with van der Waals surface area (Å²) in [5, 5.41) is 24.5. The highest BCUT2D eigenvalue weighted by Gasteiger charge is 2.25. The molecule has 4 aromatic carbocycles. The summed E-state index contributed by atoms with van der Waals surface area (Å²) in [4.78, 5) is 0. The standard InChI is InChI=1S/C61H80O4/c1-9-15-27-46-29-21-22-30-47(46)40-45(11-3)54-36-42(7)38-56(60(54)62)52-32-23-25-34-58(52)64-48(12-4)41-49(13-5)65-59-35-26-24-33-53(59)57-39-43(8)37-55(61(57)63)51-31-20-18-16-17-19-28-44(10-2)50(51)14-6/h23-28,32-40,45,48-49,62-63H,9-22,29-31,41H2,1-8H3/b44-28-,46-27-,47-40-,51-50+/t45?,48?,49-/m1/s1. The van der Waals surface area contributed by atoms with Crippen LogP contribution in [0.3, 0.4) is 0 Å². The quantitative estimate of drug-likeness (QED) is 0.105. The lowest BCUT2D eigenvalue weighted by Crippen LogP contribution is -2.27. The van der Waals surface area contributed by atoms with Crippen molar-refractivity contribution in [2.45, 2.75) is 189 Å². The number of ether oxygens (including phenoxy) is 2. The van der Waals surface area contributed by atoms with Gasteiger partial charge in [0.25, 0.3) is 0 Å². The van der Waals surface area contributed by atoms with Gasteiger partial charge in [0, 0.05) is 45.7 Å². The molecule has 6 rings (SSSR count). The predicted molar refractivity (Wildman–Crippen MR) is 276 cm³/mol. The Morgan fingerprint density at radius 1 is 0.585 bits per heavy atom. The fourth-order valence-corrected chi connectivity index (χ4v) is 10.3. The van der Waals surface area contributed by atoms with E-state index in [-0.39, 0.29) is 18.1 Å². The van der Waals surface area contributed by atoms with E-state index in [4.69, 9.17) is 9.47 Å². The van der Waals surface area contributed by atoms with Crippen molar-refractivity contribution in [2.24, 2.45) is 0 Å². The van der Waals surface area contributed by atoms with E-state index in [1.807, 2.05) is 36.4 Å². The van der Waals surface area contributed by atoms with Crippen LogP contribution in [0.25, 0.3) is 27.8 Å². The molecule has 2 N–H and O–H groups in total. The van der Waals surface area contributed by atoms with Gasteiger partial charge in [-0.15, -0.1) is 0 Å². The fourth-order valence-electron chi connectivity index (χ4n) is 10.3. The summed E-state index contributed by atoms with van der Waals surface area (Å²) in [6, 6.07) is 25.0. The maximum absolute atomic E-state index is 12.3. The lowest BCUT2D eigenvalue weighted by atomic mass is 9.83. The van der Waals surface area contributed by atoms with Crippen LogP contribution in [-0.2, 0) is 0 Å². The Labute approximate surface area is 393 Å². The van der Waals surface area contributed by atoms with E-state index in [0.717, 1.165) is 133 Å². The van der Waals surface area contributed by atoms with Gasteiger partial charge in [0.2, 0.25) is 0 Å². The van der Waals surface area contributed by atoms with Gasteiger partial charge in [0.15, 0.2) is 0 Å². The average Bonchev–Trinajstić information content (AvgIpc) is 3.32. The summed E-state index contributed by atoms with van der Waals surface area (Å²) >= 11 is 0. The number of hydrogen-bond acceptors (Lipinski definition) is 4. The number of hydrogen-bond donors (Lipinski definition) is 2. The third-order valence-corrected chi connectivity index (χ3v) is 14.0. The van der Waals surface area contributed by atoms with Gasteiger partial charge in [-0.05, 0) is 173 Å². The van der Waals surface area contributed by atoms with Gasteiger partial charge in [-0.3, -0.25) is 0 Å². The highest BCUT2D eigenvalue weighted by molar-refractivity contribution is 5.85. The van der Waals surface area contributed by atoms with Gasteiger partial charge >= 0.3 is 0 Å². The van der Waals surface area contributed by atoms with Crippen molar-refractivity contribution in [3.8, 4) is 45.3 Å². The topological polar surface area (TPSA) is 58.9 Å². The first-order valence-corrected chi connectivity index (χ1v) is 25.6. The molecule has 0 radical (unpaired) electrons. The van der Waals surface area contributed by atoms with E-state index in [1.165, 1.54) is 60.0 Å². The van der Waals surface area contributed by atoms with Crippen molar-refractivity contribution >= 4 is 5.57 Å². The van der Waals surface area contributed by atoms with Gasteiger partial charge in [-0.1, -0.05) is 121 Å². The van der Waals surface area contributed by atoms with Gasteiger partial charge in [-0.25, -0.2) is 0 Å². The van der Waals surface area contributed by atoms with E-state index in [0.29, 0.717) is 17.9 Å². The first-order valence-electron chi connectivity index (χ1n) is 25.6. The number of allylic oxidation sites excluding steroid dienone is 8. The molecule has 0 bridgehead atoms. The van der Waals surface area contributed by atoms with Crippen LogP contribution in [0.15, 0.2) is 113 Å². The maximum Gasteiger partial charge on any atom is 0.131 e. The molecule has 348 valence electrons. The maximum atomic E-state index is 12.3. The first kappa shape index (κ1) is 49.5. The van der Waals surface area contributed by atoms with Crippen molar-refractivity contribution in [1.29, 1.82) is 0 Å². The van der Waals surface area contributed by atoms with Crippen LogP contribution in [0.4, 0.5) is 0 Å². The molecule has 0 amide bonds. The molecule has 4 nitrogen and oxygen atoms in total. The molecule has 0 aromatic heterocycles. The second-order valence-electron chi connectivity index (χ2n) is 18.8. The summed E-state index contributed by atoms with van der Waals surface area (Å²) < 4.78 is 13.9. The molecule has 1 saturated carbocycles. The molecule has 4 heteroatoms. The minimum Gasteiger partial charge on any atom is -0.507 e. The Bertz CT molecular complexity index is 2320.